The first-order valence-corrected chi connectivity index (χ1v) is 7.98. The van der Waals surface area contributed by atoms with Gasteiger partial charge in [0.25, 0.3) is 5.91 Å². The molecule has 0 spiro atoms. The van der Waals surface area contributed by atoms with Crippen LogP contribution in [0.1, 0.15) is 18.1 Å². The molecule has 26 heavy (non-hydrogen) atoms. The van der Waals surface area contributed by atoms with Crippen molar-refractivity contribution in [3.8, 4) is 17.6 Å². The number of rotatable bonds is 6. The number of carbonyl (C=O) groups is 1. The van der Waals surface area contributed by atoms with Crippen molar-refractivity contribution in [2.45, 2.75) is 13.3 Å². The predicted octanol–water partition coefficient (Wildman–Crippen LogP) is 2.86. The van der Waals surface area contributed by atoms with Crippen molar-refractivity contribution in [3.05, 3.63) is 53.6 Å². The monoisotopic (exact) mass is 351 g/mol. The highest BCUT2D eigenvalue weighted by Crippen LogP contribution is 2.32. The van der Waals surface area contributed by atoms with Crippen molar-refractivity contribution in [1.82, 2.24) is 0 Å². The van der Waals surface area contributed by atoms with Gasteiger partial charge >= 0.3 is 0 Å². The smallest absolute Gasteiger partial charge is 0.265 e. The summed E-state index contributed by atoms with van der Waals surface area (Å²) in [6.07, 6.45) is 0.338. The van der Waals surface area contributed by atoms with Gasteiger partial charge in [-0.1, -0.05) is 17.3 Å². The maximum atomic E-state index is 11.9. The molecular weight excluding hydrogens is 334 g/mol. The summed E-state index contributed by atoms with van der Waals surface area (Å²) in [6, 6.07) is 14.6. The fourth-order valence-electron chi connectivity index (χ4n) is 2.36. The van der Waals surface area contributed by atoms with Gasteiger partial charge in [-0.15, -0.1) is 0 Å². The number of nitrogens with one attached hydrogen (secondary N) is 1. The number of amides is 1. The number of nitrogens with zero attached hydrogens (tertiary/aromatic N) is 2. The Labute approximate surface area is 150 Å². The Balaban J connectivity index is 1.51. The standard InChI is InChI=1S/C19H17N3O4/c1-13(15-4-7-17-18(10-15)25-12-24-17)22-26-11-19(23)21-16-5-2-14(3-6-16)8-9-20/h2-7,10H,8,11-12H2,1H3,(H,21,23)/b22-13-. The fourth-order valence-corrected chi connectivity index (χ4v) is 2.36. The van der Waals surface area contributed by atoms with E-state index in [0.29, 0.717) is 29.3 Å². The molecule has 1 heterocycles. The normalized spacial score (nSPS) is 12.4. The summed E-state index contributed by atoms with van der Waals surface area (Å²) >= 11 is 0. The number of hydrogen-bond acceptors (Lipinski definition) is 6. The van der Waals surface area contributed by atoms with Gasteiger partial charge in [-0.2, -0.15) is 5.26 Å². The maximum absolute atomic E-state index is 11.9. The van der Waals surface area contributed by atoms with E-state index in [1.54, 1.807) is 37.3 Å². The maximum Gasteiger partial charge on any atom is 0.265 e. The molecule has 0 radical (unpaired) electrons. The minimum absolute atomic E-state index is 0.207. The zero-order valence-corrected chi connectivity index (χ0v) is 14.2. The van der Waals surface area contributed by atoms with Gasteiger partial charge in [0, 0.05) is 11.3 Å². The van der Waals surface area contributed by atoms with Crippen molar-refractivity contribution < 1.29 is 19.1 Å². The third-order valence-corrected chi connectivity index (χ3v) is 3.71. The van der Waals surface area contributed by atoms with Crippen molar-refractivity contribution in [1.29, 1.82) is 5.26 Å². The molecule has 0 saturated heterocycles. The van der Waals surface area contributed by atoms with E-state index in [-0.39, 0.29) is 19.3 Å². The second-order valence-electron chi connectivity index (χ2n) is 5.60. The number of hydrogen-bond donors (Lipinski definition) is 1. The lowest BCUT2D eigenvalue weighted by Gasteiger charge is -2.06. The molecule has 3 rings (SSSR count). The topological polar surface area (TPSA) is 92.9 Å². The molecule has 7 nitrogen and oxygen atoms in total. The molecule has 0 aromatic heterocycles. The summed E-state index contributed by atoms with van der Waals surface area (Å²) in [7, 11) is 0. The van der Waals surface area contributed by atoms with Crippen LogP contribution in [-0.4, -0.2) is 25.0 Å². The predicted molar refractivity (Wildman–Crippen MR) is 95.1 cm³/mol. The van der Waals surface area contributed by atoms with Crippen LogP contribution in [0.4, 0.5) is 5.69 Å². The van der Waals surface area contributed by atoms with Gasteiger partial charge in [0.1, 0.15) is 0 Å². The molecule has 0 bridgehead atoms. The molecule has 1 aliphatic rings. The number of ether oxygens (including phenoxy) is 2. The molecule has 7 heteroatoms. The van der Waals surface area contributed by atoms with Gasteiger partial charge in [0.2, 0.25) is 6.79 Å². The lowest BCUT2D eigenvalue weighted by atomic mass is 10.1. The highest BCUT2D eigenvalue weighted by molar-refractivity contribution is 5.99. The van der Waals surface area contributed by atoms with Crippen LogP contribution < -0.4 is 14.8 Å². The van der Waals surface area contributed by atoms with Crippen molar-refractivity contribution >= 4 is 17.3 Å². The molecule has 1 N–H and O–H groups in total. The summed E-state index contributed by atoms with van der Waals surface area (Å²) < 4.78 is 10.6. The lowest BCUT2D eigenvalue weighted by molar-refractivity contribution is -0.120. The van der Waals surface area contributed by atoms with E-state index < -0.39 is 0 Å². The van der Waals surface area contributed by atoms with Crippen LogP contribution in [0, 0.1) is 11.3 Å². The largest absolute Gasteiger partial charge is 0.454 e. The van der Waals surface area contributed by atoms with Gasteiger partial charge in [0.15, 0.2) is 18.1 Å². The fraction of sp³-hybridized carbons (Fsp3) is 0.211. The van der Waals surface area contributed by atoms with Crippen molar-refractivity contribution in [3.63, 3.8) is 0 Å². The highest BCUT2D eigenvalue weighted by atomic mass is 16.7. The molecule has 0 unspecified atom stereocenters. The van der Waals surface area contributed by atoms with Gasteiger partial charge in [-0.05, 0) is 42.8 Å². The summed E-state index contributed by atoms with van der Waals surface area (Å²) in [5.74, 6) is 1.04. The Bertz CT molecular complexity index is 869. The van der Waals surface area contributed by atoms with Gasteiger partial charge < -0.3 is 19.6 Å². The van der Waals surface area contributed by atoms with Crippen LogP contribution in [0.25, 0.3) is 0 Å². The quantitative estimate of drug-likeness (QED) is 0.638. The first-order valence-electron chi connectivity index (χ1n) is 7.98. The molecule has 132 valence electrons. The van der Waals surface area contributed by atoms with E-state index >= 15 is 0 Å². The van der Waals surface area contributed by atoms with E-state index in [9.17, 15) is 4.79 Å². The minimum Gasteiger partial charge on any atom is -0.454 e. The van der Waals surface area contributed by atoms with Crippen LogP contribution >= 0.6 is 0 Å². The van der Waals surface area contributed by atoms with Crippen LogP contribution in [0.3, 0.4) is 0 Å². The van der Waals surface area contributed by atoms with E-state index in [4.69, 9.17) is 19.6 Å². The van der Waals surface area contributed by atoms with E-state index in [1.807, 2.05) is 12.1 Å². The molecule has 0 fully saturated rings. The van der Waals surface area contributed by atoms with Crippen LogP contribution in [0.15, 0.2) is 47.6 Å². The van der Waals surface area contributed by atoms with E-state index in [2.05, 4.69) is 16.5 Å². The Morgan fingerprint density at radius 1 is 1.23 bits per heavy atom. The molecule has 0 aliphatic carbocycles. The SMILES string of the molecule is C/C(=N/OCC(=O)Nc1ccc(CC#N)cc1)c1ccc2c(c1)OCO2. The first-order chi connectivity index (χ1) is 12.7. The average molecular weight is 351 g/mol. The number of anilines is 1. The molecular formula is C19H17N3O4. The molecule has 2 aromatic carbocycles. The number of benzene rings is 2. The van der Waals surface area contributed by atoms with Crippen molar-refractivity contribution in [2.24, 2.45) is 5.16 Å². The first kappa shape index (κ1) is 17.3. The van der Waals surface area contributed by atoms with E-state index in [1.165, 1.54) is 0 Å². The molecule has 0 atom stereocenters. The van der Waals surface area contributed by atoms with Gasteiger partial charge in [-0.3, -0.25) is 4.79 Å². The molecule has 1 aliphatic heterocycles. The second-order valence-corrected chi connectivity index (χ2v) is 5.60. The lowest BCUT2D eigenvalue weighted by Crippen LogP contribution is -2.17. The third-order valence-electron chi connectivity index (χ3n) is 3.71. The van der Waals surface area contributed by atoms with Crippen molar-refractivity contribution in [2.75, 3.05) is 18.7 Å². The Hall–Kier alpha value is -3.53. The number of nitriles is 1. The molecule has 0 saturated carbocycles. The third kappa shape index (κ3) is 4.30. The Morgan fingerprint density at radius 3 is 2.77 bits per heavy atom. The van der Waals surface area contributed by atoms with Crippen LogP contribution in [0.5, 0.6) is 11.5 Å². The zero-order valence-electron chi connectivity index (χ0n) is 14.2. The highest BCUT2D eigenvalue weighted by Gasteiger charge is 2.14. The number of oxime groups is 1. The Kier molecular flexibility index (Phi) is 5.34. The minimum atomic E-state index is -0.319. The number of fused-ring (bicyclic) bond motifs is 1. The molecule has 1 amide bonds. The summed E-state index contributed by atoms with van der Waals surface area (Å²) in [6.45, 7) is 1.79. The molecule has 2 aromatic rings. The van der Waals surface area contributed by atoms with Gasteiger partial charge in [0.05, 0.1) is 18.2 Å². The van der Waals surface area contributed by atoms with E-state index in [0.717, 1.165) is 11.1 Å². The average Bonchev–Trinajstić information content (AvgIpc) is 3.11. The zero-order chi connectivity index (χ0) is 18.4. The second kappa shape index (κ2) is 8.03. The van der Waals surface area contributed by atoms with Crippen LogP contribution in [0.2, 0.25) is 0 Å². The Morgan fingerprint density at radius 2 is 2.00 bits per heavy atom. The number of carbonyl (C=O) groups excluding carboxylic acids is 1. The summed E-state index contributed by atoms with van der Waals surface area (Å²) in [4.78, 5) is 17.0. The summed E-state index contributed by atoms with van der Waals surface area (Å²) in [5.41, 5.74) is 2.97. The summed E-state index contributed by atoms with van der Waals surface area (Å²) in [5, 5.41) is 15.3. The van der Waals surface area contributed by atoms with Gasteiger partial charge in [-0.25, -0.2) is 0 Å². The van der Waals surface area contributed by atoms with Crippen LogP contribution in [-0.2, 0) is 16.1 Å².